The SMILES string of the molecule is C=C1C(CO)C1Cn1cnc2ncnc(Cl)c21. The van der Waals surface area contributed by atoms with Gasteiger partial charge in [0.2, 0.25) is 0 Å². The zero-order chi connectivity index (χ0) is 12.0. The van der Waals surface area contributed by atoms with E-state index in [1.54, 1.807) is 6.33 Å². The topological polar surface area (TPSA) is 63.8 Å². The van der Waals surface area contributed by atoms with Crippen molar-refractivity contribution < 1.29 is 5.11 Å². The van der Waals surface area contributed by atoms with Gasteiger partial charge in [-0.3, -0.25) is 0 Å². The summed E-state index contributed by atoms with van der Waals surface area (Å²) in [6.45, 7) is 4.79. The van der Waals surface area contributed by atoms with E-state index in [4.69, 9.17) is 16.7 Å². The number of fused-ring (bicyclic) bond motifs is 1. The molecular weight excluding hydrogens is 240 g/mol. The molecule has 0 aromatic carbocycles. The molecule has 2 atom stereocenters. The van der Waals surface area contributed by atoms with Crippen molar-refractivity contribution in [1.82, 2.24) is 19.5 Å². The first-order valence-corrected chi connectivity index (χ1v) is 5.71. The second-order valence-corrected chi connectivity index (χ2v) is 4.56. The van der Waals surface area contributed by atoms with E-state index < -0.39 is 0 Å². The third-order valence-electron chi connectivity index (χ3n) is 3.28. The van der Waals surface area contributed by atoms with Crippen LogP contribution < -0.4 is 0 Å². The molecule has 2 aromatic heterocycles. The lowest BCUT2D eigenvalue weighted by molar-refractivity contribution is 0.269. The Hall–Kier alpha value is -1.46. The molecule has 5 nitrogen and oxygen atoms in total. The van der Waals surface area contributed by atoms with Crippen LogP contribution in [-0.2, 0) is 6.54 Å². The van der Waals surface area contributed by atoms with Gasteiger partial charge in [0, 0.05) is 18.4 Å². The third kappa shape index (κ3) is 1.62. The molecule has 88 valence electrons. The monoisotopic (exact) mass is 250 g/mol. The maximum Gasteiger partial charge on any atom is 0.182 e. The fraction of sp³-hybridized carbons (Fsp3) is 0.364. The maximum absolute atomic E-state index is 9.11. The summed E-state index contributed by atoms with van der Waals surface area (Å²) >= 11 is 6.03. The van der Waals surface area contributed by atoms with E-state index >= 15 is 0 Å². The number of hydrogen-bond donors (Lipinski definition) is 1. The summed E-state index contributed by atoms with van der Waals surface area (Å²) in [4.78, 5) is 12.2. The average molecular weight is 251 g/mol. The van der Waals surface area contributed by atoms with Crippen molar-refractivity contribution in [2.45, 2.75) is 6.54 Å². The lowest BCUT2D eigenvalue weighted by Crippen LogP contribution is -2.02. The molecule has 1 aliphatic rings. The van der Waals surface area contributed by atoms with Crippen molar-refractivity contribution in [3.8, 4) is 0 Å². The minimum Gasteiger partial charge on any atom is -0.396 e. The fourth-order valence-electron chi connectivity index (χ4n) is 2.16. The van der Waals surface area contributed by atoms with Crippen molar-refractivity contribution in [2.75, 3.05) is 6.61 Å². The standard InChI is InChI=1S/C11H11ClN4O/c1-6-7(8(6)3-17)2-16-5-15-11-9(16)10(12)13-4-14-11/h4-5,7-8,17H,1-3H2. The van der Waals surface area contributed by atoms with E-state index in [2.05, 4.69) is 21.5 Å². The number of aliphatic hydroxyl groups is 1. The molecule has 0 spiro atoms. The first-order valence-electron chi connectivity index (χ1n) is 5.33. The molecule has 2 heterocycles. The molecule has 0 aliphatic heterocycles. The summed E-state index contributed by atoms with van der Waals surface area (Å²) in [5.74, 6) is 0.504. The second-order valence-electron chi connectivity index (χ2n) is 4.20. The molecule has 2 unspecified atom stereocenters. The van der Waals surface area contributed by atoms with Crippen LogP contribution in [0.2, 0.25) is 5.15 Å². The lowest BCUT2D eigenvalue weighted by Gasteiger charge is -2.02. The normalized spacial score (nSPS) is 23.3. The minimum absolute atomic E-state index is 0.153. The van der Waals surface area contributed by atoms with Crippen LogP contribution in [0.15, 0.2) is 24.8 Å². The Morgan fingerprint density at radius 3 is 2.88 bits per heavy atom. The quantitative estimate of drug-likeness (QED) is 0.658. The van der Waals surface area contributed by atoms with Crippen molar-refractivity contribution >= 4 is 22.8 Å². The molecule has 0 radical (unpaired) electrons. The molecule has 0 saturated heterocycles. The minimum atomic E-state index is 0.153. The molecule has 2 aromatic rings. The highest BCUT2D eigenvalue weighted by Gasteiger charge is 2.41. The summed E-state index contributed by atoms with van der Waals surface area (Å²) in [5.41, 5.74) is 2.42. The van der Waals surface area contributed by atoms with Gasteiger partial charge in [-0.2, -0.15) is 0 Å². The van der Waals surface area contributed by atoms with Gasteiger partial charge >= 0.3 is 0 Å². The molecule has 0 bridgehead atoms. The first kappa shape index (κ1) is 10.7. The number of imidazole rings is 1. The van der Waals surface area contributed by atoms with Crippen LogP contribution in [0.25, 0.3) is 11.2 Å². The third-order valence-corrected chi connectivity index (χ3v) is 3.56. The predicted octanol–water partition coefficient (Wildman–Crippen LogP) is 1.27. The van der Waals surface area contributed by atoms with Gasteiger partial charge in [-0.25, -0.2) is 15.0 Å². The second kappa shape index (κ2) is 3.78. The Morgan fingerprint density at radius 2 is 2.18 bits per heavy atom. The fourth-order valence-corrected chi connectivity index (χ4v) is 2.39. The maximum atomic E-state index is 9.11. The van der Waals surface area contributed by atoms with Gasteiger partial charge in [0.25, 0.3) is 0 Å². The zero-order valence-electron chi connectivity index (χ0n) is 9.04. The van der Waals surface area contributed by atoms with Crippen molar-refractivity contribution in [2.24, 2.45) is 11.8 Å². The molecular formula is C11H11ClN4O. The number of nitrogens with zero attached hydrogens (tertiary/aromatic N) is 4. The number of rotatable bonds is 3. The van der Waals surface area contributed by atoms with Crippen LogP contribution in [0.3, 0.4) is 0 Å². The summed E-state index contributed by atoms with van der Waals surface area (Å²) in [6, 6.07) is 0. The van der Waals surface area contributed by atoms with Crippen molar-refractivity contribution in [1.29, 1.82) is 0 Å². The number of halogens is 1. The summed E-state index contributed by atoms with van der Waals surface area (Å²) in [5, 5.41) is 9.51. The van der Waals surface area contributed by atoms with Gasteiger partial charge in [-0.15, -0.1) is 0 Å². The van der Waals surface area contributed by atoms with Crippen LogP contribution in [0.4, 0.5) is 0 Å². The summed E-state index contributed by atoms with van der Waals surface area (Å²) < 4.78 is 1.92. The smallest absolute Gasteiger partial charge is 0.182 e. The van der Waals surface area contributed by atoms with Crippen LogP contribution in [-0.4, -0.2) is 31.2 Å². The number of aromatic nitrogens is 4. The van der Waals surface area contributed by atoms with Gasteiger partial charge < -0.3 is 9.67 Å². The molecule has 1 aliphatic carbocycles. The Labute approximate surface area is 103 Å². The molecule has 6 heteroatoms. The van der Waals surface area contributed by atoms with Gasteiger partial charge in [-0.05, 0) is 0 Å². The van der Waals surface area contributed by atoms with E-state index in [9.17, 15) is 0 Å². The number of aliphatic hydroxyl groups excluding tert-OH is 1. The van der Waals surface area contributed by atoms with E-state index in [0.29, 0.717) is 23.3 Å². The molecule has 1 N–H and O–H groups in total. The Bertz CT molecular complexity index is 594. The van der Waals surface area contributed by atoms with E-state index in [1.165, 1.54) is 6.33 Å². The molecule has 1 fully saturated rings. The van der Waals surface area contributed by atoms with Crippen LogP contribution in [0.5, 0.6) is 0 Å². The molecule has 1 saturated carbocycles. The van der Waals surface area contributed by atoms with Crippen molar-refractivity contribution in [3.63, 3.8) is 0 Å². The highest BCUT2D eigenvalue weighted by atomic mass is 35.5. The first-order chi connectivity index (χ1) is 8.22. The largest absolute Gasteiger partial charge is 0.396 e. The Balaban J connectivity index is 1.94. The van der Waals surface area contributed by atoms with Crippen LogP contribution >= 0.6 is 11.6 Å². The predicted molar refractivity (Wildman–Crippen MR) is 63.5 cm³/mol. The Kier molecular flexibility index (Phi) is 2.38. The van der Waals surface area contributed by atoms with Crippen LogP contribution in [0, 0.1) is 11.8 Å². The lowest BCUT2D eigenvalue weighted by atomic mass is 10.3. The summed E-state index contributed by atoms with van der Waals surface area (Å²) in [6.07, 6.45) is 3.10. The van der Waals surface area contributed by atoms with E-state index in [0.717, 1.165) is 11.1 Å². The highest BCUT2D eigenvalue weighted by Crippen LogP contribution is 2.45. The van der Waals surface area contributed by atoms with Crippen LogP contribution in [0.1, 0.15) is 0 Å². The Morgan fingerprint density at radius 1 is 1.35 bits per heavy atom. The highest BCUT2D eigenvalue weighted by molar-refractivity contribution is 6.33. The molecule has 3 rings (SSSR count). The van der Waals surface area contributed by atoms with E-state index in [-0.39, 0.29) is 12.5 Å². The number of hydrogen-bond acceptors (Lipinski definition) is 4. The average Bonchev–Trinajstić information content (AvgIpc) is 2.74. The molecule has 17 heavy (non-hydrogen) atoms. The van der Waals surface area contributed by atoms with Gasteiger partial charge in [0.15, 0.2) is 10.8 Å². The summed E-state index contributed by atoms with van der Waals surface area (Å²) in [7, 11) is 0. The molecule has 0 amide bonds. The van der Waals surface area contributed by atoms with Gasteiger partial charge in [0.05, 0.1) is 12.9 Å². The van der Waals surface area contributed by atoms with Gasteiger partial charge in [0.1, 0.15) is 11.8 Å². The van der Waals surface area contributed by atoms with E-state index in [1.807, 2.05) is 4.57 Å². The van der Waals surface area contributed by atoms with Crippen molar-refractivity contribution in [3.05, 3.63) is 30.0 Å². The zero-order valence-corrected chi connectivity index (χ0v) is 9.80. The van der Waals surface area contributed by atoms with Gasteiger partial charge in [-0.1, -0.05) is 23.8 Å².